The van der Waals surface area contributed by atoms with Crippen LogP contribution in [0.5, 0.6) is 0 Å². The first kappa shape index (κ1) is 12.1. The first-order chi connectivity index (χ1) is 9.31. The minimum Gasteiger partial charge on any atom is -0.397 e. The minimum atomic E-state index is 0.776. The van der Waals surface area contributed by atoms with E-state index < -0.39 is 0 Å². The van der Waals surface area contributed by atoms with Crippen LogP contribution in [0.4, 0.5) is 5.69 Å². The summed E-state index contributed by atoms with van der Waals surface area (Å²) in [7, 11) is 2.53. The molecule has 1 heterocycles. The number of benzene rings is 2. The van der Waals surface area contributed by atoms with Crippen LogP contribution in [0.3, 0.4) is 0 Å². The molecule has 1 atom stereocenters. The summed E-state index contributed by atoms with van der Waals surface area (Å²) in [6.45, 7) is 0.776. The third-order valence-electron chi connectivity index (χ3n) is 3.39. The van der Waals surface area contributed by atoms with Gasteiger partial charge in [-0.1, -0.05) is 42.5 Å². The van der Waals surface area contributed by atoms with Crippen molar-refractivity contribution in [2.45, 2.75) is 6.54 Å². The monoisotopic (exact) mass is 269 g/mol. The highest BCUT2D eigenvalue weighted by atomic mass is 31.0. The molecule has 4 heteroatoms. The van der Waals surface area contributed by atoms with Crippen molar-refractivity contribution in [1.29, 1.82) is 0 Å². The molecule has 96 valence electrons. The molecule has 0 saturated heterocycles. The molecule has 1 aliphatic rings. The van der Waals surface area contributed by atoms with Gasteiger partial charge in [0.2, 0.25) is 0 Å². The van der Waals surface area contributed by atoms with Gasteiger partial charge in [-0.2, -0.15) is 0 Å². The van der Waals surface area contributed by atoms with Gasteiger partial charge >= 0.3 is 0 Å². The van der Waals surface area contributed by atoms with E-state index in [4.69, 9.17) is 5.73 Å². The van der Waals surface area contributed by atoms with Gasteiger partial charge in [-0.3, -0.25) is 0 Å². The first-order valence-electron chi connectivity index (χ1n) is 6.19. The fourth-order valence-corrected chi connectivity index (χ4v) is 2.73. The van der Waals surface area contributed by atoms with E-state index in [2.05, 4.69) is 44.1 Å². The normalized spacial score (nSPS) is 17.5. The van der Waals surface area contributed by atoms with Crippen LogP contribution in [0.1, 0.15) is 16.7 Å². The third kappa shape index (κ3) is 2.06. The Morgan fingerprint density at radius 2 is 1.68 bits per heavy atom. The second-order valence-electron chi connectivity index (χ2n) is 4.49. The lowest BCUT2D eigenvalue weighted by Crippen LogP contribution is -2.15. The molecule has 0 bridgehead atoms. The van der Waals surface area contributed by atoms with Crippen LogP contribution in [0, 0.1) is 0 Å². The molecule has 0 fully saturated rings. The summed E-state index contributed by atoms with van der Waals surface area (Å²) in [6, 6.07) is 16.4. The van der Waals surface area contributed by atoms with Crippen LogP contribution >= 0.6 is 9.39 Å². The molecule has 0 amide bonds. The van der Waals surface area contributed by atoms with Gasteiger partial charge < -0.3 is 16.1 Å². The van der Waals surface area contributed by atoms with Crippen LogP contribution in [-0.2, 0) is 6.54 Å². The number of nitrogens with one attached hydrogen (secondary N) is 2. The molecule has 1 unspecified atom stereocenters. The molecule has 0 radical (unpaired) electrons. The standard InChI is InChI=1S/C15H16N3P/c16-14-11-6-2-1-5-10(11)9-17-13-8-4-3-7-12(13)15(14)18-19/h1-8,17-18H,9,16,19H2/b15-14-. The number of nitrogens with two attached hydrogens (primary N) is 1. The van der Waals surface area contributed by atoms with E-state index >= 15 is 0 Å². The van der Waals surface area contributed by atoms with Gasteiger partial charge in [0.1, 0.15) is 0 Å². The zero-order valence-corrected chi connectivity index (χ0v) is 11.6. The van der Waals surface area contributed by atoms with Crippen LogP contribution in [0.15, 0.2) is 48.5 Å². The van der Waals surface area contributed by atoms with Gasteiger partial charge in [0.25, 0.3) is 0 Å². The smallest absolute Gasteiger partial charge is 0.0703 e. The lowest BCUT2D eigenvalue weighted by molar-refractivity contribution is 1.12. The first-order valence-corrected chi connectivity index (χ1v) is 6.77. The zero-order chi connectivity index (χ0) is 13.2. The predicted molar refractivity (Wildman–Crippen MR) is 84.1 cm³/mol. The van der Waals surface area contributed by atoms with Gasteiger partial charge in [0.05, 0.1) is 11.4 Å². The number of hydrogen-bond donors (Lipinski definition) is 3. The maximum Gasteiger partial charge on any atom is 0.0703 e. The molecule has 0 spiro atoms. The topological polar surface area (TPSA) is 50.1 Å². The zero-order valence-electron chi connectivity index (χ0n) is 10.5. The van der Waals surface area contributed by atoms with E-state index in [1.807, 2.05) is 24.3 Å². The van der Waals surface area contributed by atoms with E-state index in [-0.39, 0.29) is 0 Å². The Hall–Kier alpha value is -1.99. The summed E-state index contributed by atoms with van der Waals surface area (Å²) in [5, 5.41) is 6.62. The average molecular weight is 269 g/mol. The second-order valence-corrected chi connectivity index (χ2v) is 4.78. The van der Waals surface area contributed by atoms with Crippen molar-refractivity contribution in [2.75, 3.05) is 5.32 Å². The second kappa shape index (κ2) is 4.94. The average Bonchev–Trinajstić information content (AvgIpc) is 2.46. The number of anilines is 1. The lowest BCUT2D eigenvalue weighted by Gasteiger charge is -2.22. The predicted octanol–water partition coefficient (Wildman–Crippen LogP) is 2.78. The Bertz CT molecular complexity index is 649. The number of hydrogen-bond acceptors (Lipinski definition) is 3. The summed E-state index contributed by atoms with van der Waals surface area (Å²) in [4.78, 5) is 0. The molecule has 19 heavy (non-hydrogen) atoms. The largest absolute Gasteiger partial charge is 0.397 e. The van der Waals surface area contributed by atoms with Crippen molar-refractivity contribution < 1.29 is 0 Å². The number of para-hydroxylation sites is 1. The van der Waals surface area contributed by atoms with Crippen molar-refractivity contribution in [3.05, 3.63) is 65.2 Å². The maximum absolute atomic E-state index is 6.36. The highest BCUT2D eigenvalue weighted by molar-refractivity contribution is 7.14. The van der Waals surface area contributed by atoms with E-state index in [1.54, 1.807) is 0 Å². The molecule has 3 rings (SSSR count). The number of fused-ring (bicyclic) bond motifs is 2. The van der Waals surface area contributed by atoms with Crippen molar-refractivity contribution >= 4 is 26.5 Å². The van der Waals surface area contributed by atoms with Gasteiger partial charge in [0.15, 0.2) is 0 Å². The third-order valence-corrected chi connectivity index (χ3v) is 3.68. The van der Waals surface area contributed by atoms with Crippen LogP contribution in [0.25, 0.3) is 11.4 Å². The SMILES string of the molecule is N/C1=C(\NP)c2ccccc2NCc2ccccc21. The van der Waals surface area contributed by atoms with Gasteiger partial charge in [-0.25, -0.2) is 0 Å². The Kier molecular flexibility index (Phi) is 3.14. The highest BCUT2D eigenvalue weighted by Gasteiger charge is 2.16. The number of rotatable bonds is 1. The molecular formula is C15H16N3P. The van der Waals surface area contributed by atoms with Gasteiger partial charge in [0, 0.05) is 23.4 Å². The Morgan fingerprint density at radius 1 is 1.00 bits per heavy atom. The van der Waals surface area contributed by atoms with Crippen LogP contribution < -0.4 is 16.1 Å². The van der Waals surface area contributed by atoms with Gasteiger partial charge in [-0.05, 0) is 21.0 Å². The van der Waals surface area contributed by atoms with E-state index in [9.17, 15) is 0 Å². The summed E-state index contributed by atoms with van der Waals surface area (Å²) >= 11 is 0. The van der Waals surface area contributed by atoms with Crippen molar-refractivity contribution in [3.63, 3.8) is 0 Å². The van der Waals surface area contributed by atoms with Crippen LogP contribution in [-0.4, -0.2) is 0 Å². The summed E-state index contributed by atoms with van der Waals surface area (Å²) in [5.74, 6) is 0. The minimum absolute atomic E-state index is 0.776. The molecule has 1 aliphatic heterocycles. The molecule has 4 N–H and O–H groups in total. The van der Waals surface area contributed by atoms with Crippen molar-refractivity contribution in [3.8, 4) is 0 Å². The Labute approximate surface area is 115 Å². The summed E-state index contributed by atoms with van der Waals surface area (Å²) < 4.78 is 0. The van der Waals surface area contributed by atoms with Crippen molar-refractivity contribution in [1.82, 2.24) is 5.09 Å². The Morgan fingerprint density at radius 3 is 2.47 bits per heavy atom. The fraction of sp³-hybridized carbons (Fsp3) is 0.0667. The highest BCUT2D eigenvalue weighted by Crippen LogP contribution is 2.31. The molecule has 3 nitrogen and oxygen atoms in total. The summed E-state index contributed by atoms with van der Waals surface area (Å²) in [5.41, 5.74) is 12.5. The lowest BCUT2D eigenvalue weighted by atomic mass is 9.98. The molecule has 0 aromatic heterocycles. The fourth-order valence-electron chi connectivity index (χ4n) is 2.42. The molecule has 2 aromatic rings. The molecule has 0 saturated carbocycles. The van der Waals surface area contributed by atoms with Gasteiger partial charge in [-0.15, -0.1) is 0 Å². The van der Waals surface area contributed by atoms with Crippen molar-refractivity contribution in [2.24, 2.45) is 5.73 Å². The quantitative estimate of drug-likeness (QED) is 0.698. The summed E-state index contributed by atoms with van der Waals surface area (Å²) in [6.07, 6.45) is 0. The molecule has 0 aliphatic carbocycles. The molecule has 2 aromatic carbocycles. The van der Waals surface area contributed by atoms with E-state index in [1.165, 1.54) is 5.56 Å². The van der Waals surface area contributed by atoms with E-state index in [0.29, 0.717) is 0 Å². The maximum atomic E-state index is 6.36. The van der Waals surface area contributed by atoms with E-state index in [0.717, 1.165) is 34.8 Å². The Balaban J connectivity index is 2.28. The van der Waals surface area contributed by atoms with Crippen LogP contribution in [0.2, 0.25) is 0 Å². The molecular weight excluding hydrogens is 253 g/mol.